The Hall–Kier alpha value is -2.80. The largest absolute Gasteiger partial charge is 0.493 e. The zero-order valence-corrected chi connectivity index (χ0v) is 12.4. The minimum atomic E-state index is -1.01. The average molecular weight is 295 g/mol. The quantitative estimate of drug-likeness (QED) is 0.877. The van der Waals surface area contributed by atoms with Crippen molar-refractivity contribution in [3.8, 4) is 22.9 Å². The summed E-state index contributed by atoms with van der Waals surface area (Å²) in [5, 5.41) is 18.0. The van der Waals surface area contributed by atoms with E-state index in [2.05, 4.69) is 6.07 Å². The molecule has 0 saturated carbocycles. The molecule has 0 radical (unpaired) electrons. The number of ether oxygens (including phenoxy) is 1. The van der Waals surface area contributed by atoms with E-state index in [1.165, 1.54) is 0 Å². The van der Waals surface area contributed by atoms with Crippen LogP contribution < -0.4 is 4.74 Å². The van der Waals surface area contributed by atoms with Crippen LogP contribution in [-0.2, 0) is 6.42 Å². The summed E-state index contributed by atoms with van der Waals surface area (Å²) in [5.41, 5.74) is 2.82. The molecule has 0 unspecified atom stereocenters. The van der Waals surface area contributed by atoms with Crippen molar-refractivity contribution in [2.75, 3.05) is 6.61 Å². The zero-order chi connectivity index (χ0) is 15.9. The molecule has 0 aliphatic heterocycles. The molecule has 4 nitrogen and oxygen atoms in total. The van der Waals surface area contributed by atoms with E-state index in [0.29, 0.717) is 18.8 Å². The van der Waals surface area contributed by atoms with E-state index in [-0.39, 0.29) is 5.56 Å². The van der Waals surface area contributed by atoms with Crippen LogP contribution in [0.4, 0.5) is 0 Å². The number of carboxylic acid groups (broad SMARTS) is 1. The van der Waals surface area contributed by atoms with Crippen LogP contribution in [0.3, 0.4) is 0 Å². The van der Waals surface area contributed by atoms with Gasteiger partial charge < -0.3 is 9.84 Å². The number of nitriles is 1. The van der Waals surface area contributed by atoms with Gasteiger partial charge in [-0.25, -0.2) is 4.79 Å². The molecule has 0 saturated heterocycles. The molecule has 0 aliphatic rings. The molecule has 0 heterocycles. The standard InChI is InChI=1S/C18H17NO3/c1-2-11-22-17-8-7-15(12-16(17)18(20)21)14-5-3-13(4-6-14)9-10-19/h3-8,12H,2,9,11H2,1H3,(H,20,21). The van der Waals surface area contributed by atoms with E-state index in [0.717, 1.165) is 23.1 Å². The van der Waals surface area contributed by atoms with E-state index in [1.807, 2.05) is 37.3 Å². The van der Waals surface area contributed by atoms with Gasteiger partial charge in [0.1, 0.15) is 11.3 Å². The monoisotopic (exact) mass is 295 g/mol. The van der Waals surface area contributed by atoms with Crippen molar-refractivity contribution in [3.05, 3.63) is 53.6 Å². The highest BCUT2D eigenvalue weighted by atomic mass is 16.5. The van der Waals surface area contributed by atoms with E-state index in [9.17, 15) is 9.90 Å². The van der Waals surface area contributed by atoms with Crippen molar-refractivity contribution in [3.63, 3.8) is 0 Å². The minimum Gasteiger partial charge on any atom is -0.493 e. The van der Waals surface area contributed by atoms with Gasteiger partial charge >= 0.3 is 5.97 Å². The summed E-state index contributed by atoms with van der Waals surface area (Å²) < 4.78 is 5.47. The lowest BCUT2D eigenvalue weighted by atomic mass is 10.0. The van der Waals surface area contributed by atoms with Gasteiger partial charge in [-0.05, 0) is 35.2 Å². The summed E-state index contributed by atoms with van der Waals surface area (Å²) in [6.07, 6.45) is 1.19. The van der Waals surface area contributed by atoms with Gasteiger partial charge in [-0.3, -0.25) is 0 Å². The second-order valence-electron chi connectivity index (χ2n) is 4.90. The maximum Gasteiger partial charge on any atom is 0.339 e. The fraction of sp³-hybridized carbons (Fsp3) is 0.222. The van der Waals surface area contributed by atoms with Gasteiger partial charge in [-0.15, -0.1) is 0 Å². The van der Waals surface area contributed by atoms with Gasteiger partial charge in [-0.1, -0.05) is 37.3 Å². The third kappa shape index (κ3) is 3.64. The summed E-state index contributed by atoms with van der Waals surface area (Å²) in [4.78, 5) is 11.4. The van der Waals surface area contributed by atoms with Crippen molar-refractivity contribution in [2.24, 2.45) is 0 Å². The number of hydrogen-bond donors (Lipinski definition) is 1. The second kappa shape index (κ2) is 7.28. The number of nitrogens with zero attached hydrogens (tertiary/aromatic N) is 1. The van der Waals surface area contributed by atoms with Crippen molar-refractivity contribution in [2.45, 2.75) is 19.8 Å². The first-order chi connectivity index (χ1) is 10.7. The van der Waals surface area contributed by atoms with Crippen molar-refractivity contribution < 1.29 is 14.6 Å². The Morgan fingerprint density at radius 3 is 2.45 bits per heavy atom. The molecule has 1 N–H and O–H groups in total. The molecule has 0 atom stereocenters. The molecule has 0 aliphatic carbocycles. The lowest BCUT2D eigenvalue weighted by Gasteiger charge is -2.10. The lowest BCUT2D eigenvalue weighted by molar-refractivity contribution is 0.0692. The summed E-state index contributed by atoms with van der Waals surface area (Å²) >= 11 is 0. The van der Waals surface area contributed by atoms with Crippen LogP contribution in [0.15, 0.2) is 42.5 Å². The number of aromatic carboxylic acids is 1. The Bertz CT molecular complexity index is 699. The number of carboxylic acids is 1. The van der Waals surface area contributed by atoms with Crippen LogP contribution in [0, 0.1) is 11.3 Å². The SMILES string of the molecule is CCCOc1ccc(-c2ccc(CC#N)cc2)cc1C(=O)O. The lowest BCUT2D eigenvalue weighted by Crippen LogP contribution is -2.04. The fourth-order valence-electron chi connectivity index (χ4n) is 2.12. The molecule has 0 bridgehead atoms. The molecule has 0 fully saturated rings. The number of benzene rings is 2. The first-order valence-electron chi connectivity index (χ1n) is 7.12. The summed E-state index contributed by atoms with van der Waals surface area (Å²) in [5.74, 6) is -0.617. The maximum atomic E-state index is 11.4. The molecular formula is C18H17NO3. The molecule has 0 spiro atoms. The highest BCUT2D eigenvalue weighted by molar-refractivity contribution is 5.92. The van der Waals surface area contributed by atoms with E-state index in [1.54, 1.807) is 12.1 Å². The Kier molecular flexibility index (Phi) is 5.16. The van der Waals surface area contributed by atoms with Crippen LogP contribution in [0.25, 0.3) is 11.1 Å². The Morgan fingerprint density at radius 1 is 1.18 bits per heavy atom. The normalized spacial score (nSPS) is 10.0. The van der Waals surface area contributed by atoms with Crippen LogP contribution in [0.1, 0.15) is 29.3 Å². The molecule has 2 aromatic rings. The Labute approximate surface area is 129 Å². The van der Waals surface area contributed by atoms with Crippen molar-refractivity contribution in [1.29, 1.82) is 5.26 Å². The van der Waals surface area contributed by atoms with Gasteiger partial charge in [0, 0.05) is 0 Å². The maximum absolute atomic E-state index is 11.4. The molecular weight excluding hydrogens is 278 g/mol. The van der Waals surface area contributed by atoms with Crippen LogP contribution >= 0.6 is 0 Å². The highest BCUT2D eigenvalue weighted by Crippen LogP contribution is 2.27. The predicted molar refractivity (Wildman–Crippen MR) is 83.9 cm³/mol. The van der Waals surface area contributed by atoms with Crippen LogP contribution in [0.5, 0.6) is 5.75 Å². The topological polar surface area (TPSA) is 70.3 Å². The summed E-state index contributed by atoms with van der Waals surface area (Å²) in [7, 11) is 0. The molecule has 112 valence electrons. The second-order valence-corrected chi connectivity index (χ2v) is 4.90. The number of rotatable bonds is 6. The Morgan fingerprint density at radius 2 is 1.86 bits per heavy atom. The average Bonchev–Trinajstić information content (AvgIpc) is 2.54. The Balaban J connectivity index is 2.33. The molecule has 4 heteroatoms. The molecule has 0 aromatic heterocycles. The number of hydrogen-bond acceptors (Lipinski definition) is 3. The molecule has 0 amide bonds. The third-order valence-corrected chi connectivity index (χ3v) is 3.24. The van der Waals surface area contributed by atoms with Crippen LogP contribution in [-0.4, -0.2) is 17.7 Å². The first kappa shape index (κ1) is 15.6. The third-order valence-electron chi connectivity index (χ3n) is 3.24. The zero-order valence-electron chi connectivity index (χ0n) is 12.4. The van der Waals surface area contributed by atoms with Gasteiger partial charge in [0.15, 0.2) is 0 Å². The van der Waals surface area contributed by atoms with Gasteiger partial charge in [-0.2, -0.15) is 5.26 Å². The first-order valence-corrected chi connectivity index (χ1v) is 7.12. The molecule has 2 aromatic carbocycles. The number of carbonyl (C=O) groups is 1. The molecule has 22 heavy (non-hydrogen) atoms. The fourth-order valence-corrected chi connectivity index (χ4v) is 2.12. The summed E-state index contributed by atoms with van der Waals surface area (Å²) in [6, 6.07) is 14.8. The van der Waals surface area contributed by atoms with Crippen molar-refractivity contribution in [1.82, 2.24) is 0 Å². The van der Waals surface area contributed by atoms with Gasteiger partial charge in [0.2, 0.25) is 0 Å². The highest BCUT2D eigenvalue weighted by Gasteiger charge is 2.13. The smallest absolute Gasteiger partial charge is 0.339 e. The van der Waals surface area contributed by atoms with Crippen LogP contribution in [0.2, 0.25) is 0 Å². The van der Waals surface area contributed by atoms with Gasteiger partial charge in [0.05, 0.1) is 19.1 Å². The van der Waals surface area contributed by atoms with E-state index in [4.69, 9.17) is 10.00 Å². The minimum absolute atomic E-state index is 0.159. The van der Waals surface area contributed by atoms with Gasteiger partial charge in [0.25, 0.3) is 0 Å². The van der Waals surface area contributed by atoms with Crippen molar-refractivity contribution >= 4 is 5.97 Å². The predicted octanol–water partition coefficient (Wildman–Crippen LogP) is 3.91. The molecule has 2 rings (SSSR count). The summed E-state index contributed by atoms with van der Waals surface area (Å²) in [6.45, 7) is 2.46. The van der Waals surface area contributed by atoms with E-state index < -0.39 is 5.97 Å². The van der Waals surface area contributed by atoms with E-state index >= 15 is 0 Å².